The number of esters is 2. The van der Waals surface area contributed by atoms with E-state index >= 15 is 0 Å². The molecular weight excluding hydrogens is 837 g/mol. The minimum absolute atomic E-state index is 0.0622. The van der Waals surface area contributed by atoms with Crippen molar-refractivity contribution in [2.24, 2.45) is 0 Å². The zero-order valence-corrected chi connectivity index (χ0v) is 45.1. The van der Waals surface area contributed by atoms with Crippen LogP contribution in [-0.2, 0) is 23.8 Å². The molecule has 0 fully saturated rings. The molecule has 0 aromatic carbocycles. The van der Waals surface area contributed by atoms with E-state index < -0.39 is 6.10 Å². The van der Waals surface area contributed by atoms with E-state index in [1.807, 2.05) is 0 Å². The highest BCUT2D eigenvalue weighted by molar-refractivity contribution is 5.70. The van der Waals surface area contributed by atoms with Gasteiger partial charge in [0, 0.05) is 19.4 Å². The second-order valence-corrected chi connectivity index (χ2v) is 19.2. The second-order valence-electron chi connectivity index (χ2n) is 19.2. The topological polar surface area (TPSA) is 61.8 Å². The van der Waals surface area contributed by atoms with E-state index in [2.05, 4.69) is 106 Å². The summed E-state index contributed by atoms with van der Waals surface area (Å²) in [6.45, 7) is 7.67. The molecule has 0 aliphatic heterocycles. The number of ether oxygens (including phenoxy) is 3. The van der Waals surface area contributed by atoms with Crippen molar-refractivity contribution in [2.45, 2.75) is 284 Å². The Kier molecular flexibility index (Phi) is 55.9. The average molecular weight is 948 g/mol. The Morgan fingerprint density at radius 1 is 0.338 bits per heavy atom. The zero-order valence-electron chi connectivity index (χ0n) is 45.1. The van der Waals surface area contributed by atoms with Crippen molar-refractivity contribution in [3.63, 3.8) is 0 Å². The number of allylic oxidation sites excluding steroid dienone is 14. The summed E-state index contributed by atoms with van der Waals surface area (Å²) < 4.78 is 17.4. The van der Waals surface area contributed by atoms with Crippen LogP contribution in [0.25, 0.3) is 0 Å². The number of carbonyl (C=O) groups is 2. The smallest absolute Gasteiger partial charge is 0.306 e. The van der Waals surface area contributed by atoms with Gasteiger partial charge in [0.1, 0.15) is 6.61 Å². The monoisotopic (exact) mass is 947 g/mol. The highest BCUT2D eigenvalue weighted by Crippen LogP contribution is 2.14. The maximum atomic E-state index is 12.8. The molecule has 0 bridgehead atoms. The fourth-order valence-electron chi connectivity index (χ4n) is 8.06. The van der Waals surface area contributed by atoms with Crippen LogP contribution in [0.1, 0.15) is 278 Å². The zero-order chi connectivity index (χ0) is 49.2. The van der Waals surface area contributed by atoms with Crippen molar-refractivity contribution in [1.29, 1.82) is 0 Å². The van der Waals surface area contributed by atoms with Crippen molar-refractivity contribution in [3.8, 4) is 0 Å². The molecule has 0 aliphatic rings. The number of hydrogen-bond acceptors (Lipinski definition) is 5. The SMILES string of the molecule is CC/C=C\C/C=C\C/C=C\C/C=C\C/C=C\CCCCCC(=O)OCC(COCCCCCCCCCCCC/C=C\CCCCCCCC)OC(=O)CCCCCCC/C=C\CCCCCC. The molecule has 68 heavy (non-hydrogen) atoms. The minimum atomic E-state index is -0.559. The van der Waals surface area contributed by atoms with Gasteiger partial charge in [0.15, 0.2) is 6.10 Å². The fraction of sp³-hybridized carbons (Fsp3) is 0.746. The Labute approximate surface area is 422 Å². The molecule has 5 heteroatoms. The van der Waals surface area contributed by atoms with Crippen molar-refractivity contribution < 1.29 is 23.8 Å². The first-order valence-electron chi connectivity index (χ1n) is 29.1. The first kappa shape index (κ1) is 65.1. The first-order valence-corrected chi connectivity index (χ1v) is 29.1. The standard InChI is InChI=1S/C63H110O5/c1-4-7-10-13-16-19-22-25-27-29-31-33-35-37-40-43-46-49-52-55-58-66-59-61(68-63(65)57-54-51-48-45-42-38-24-21-18-15-12-9-6-3)60-67-62(64)56-53-50-47-44-41-39-36-34-32-30-28-26-23-20-17-14-11-8-5-2/h8,11,17,20-21,24-28,32,34,39,41,61H,4-7,9-10,12-16,18-19,22-23,29-31,33,35-38,40,42-60H2,1-3H3/b11-8-,20-17-,24-21-,27-25-,28-26-,34-32-,41-39-. The lowest BCUT2D eigenvalue weighted by Gasteiger charge is -2.18. The molecule has 0 N–H and O–H groups in total. The van der Waals surface area contributed by atoms with Crippen molar-refractivity contribution >= 4 is 11.9 Å². The third kappa shape index (κ3) is 55.7. The molecule has 0 saturated carbocycles. The van der Waals surface area contributed by atoms with Crippen molar-refractivity contribution in [2.75, 3.05) is 19.8 Å². The van der Waals surface area contributed by atoms with Gasteiger partial charge in [-0.05, 0) is 116 Å². The van der Waals surface area contributed by atoms with Crippen molar-refractivity contribution in [3.05, 3.63) is 85.1 Å². The molecule has 1 unspecified atom stereocenters. The van der Waals surface area contributed by atoms with E-state index in [1.165, 1.54) is 148 Å². The number of hydrogen-bond donors (Lipinski definition) is 0. The third-order valence-electron chi connectivity index (χ3n) is 12.4. The summed E-state index contributed by atoms with van der Waals surface area (Å²) in [4.78, 5) is 25.5. The van der Waals surface area contributed by atoms with Gasteiger partial charge in [0.05, 0.1) is 6.61 Å². The van der Waals surface area contributed by atoms with Crippen LogP contribution in [0.15, 0.2) is 85.1 Å². The van der Waals surface area contributed by atoms with Crippen LogP contribution in [-0.4, -0.2) is 37.9 Å². The number of carbonyl (C=O) groups excluding carboxylic acids is 2. The summed E-state index contributed by atoms with van der Waals surface area (Å²) in [7, 11) is 0. The highest BCUT2D eigenvalue weighted by Gasteiger charge is 2.17. The van der Waals surface area contributed by atoms with Crippen LogP contribution in [0.3, 0.4) is 0 Å². The van der Waals surface area contributed by atoms with E-state index in [0.717, 1.165) is 96.3 Å². The van der Waals surface area contributed by atoms with Crippen LogP contribution in [0.2, 0.25) is 0 Å². The summed E-state index contributed by atoms with van der Waals surface area (Å²) in [5.41, 5.74) is 0. The van der Waals surface area contributed by atoms with Gasteiger partial charge in [-0.25, -0.2) is 0 Å². The molecule has 0 aliphatic carbocycles. The quantitative estimate of drug-likeness (QED) is 0.0345. The lowest BCUT2D eigenvalue weighted by atomic mass is 10.1. The lowest BCUT2D eigenvalue weighted by Crippen LogP contribution is -2.30. The molecule has 0 saturated heterocycles. The van der Waals surface area contributed by atoms with Crippen LogP contribution in [0.5, 0.6) is 0 Å². The fourth-order valence-corrected chi connectivity index (χ4v) is 8.06. The Hall–Kier alpha value is -2.92. The summed E-state index contributed by atoms with van der Waals surface area (Å²) in [5, 5.41) is 0. The molecular formula is C63H110O5. The Morgan fingerprint density at radius 2 is 0.662 bits per heavy atom. The molecule has 0 spiro atoms. The Bertz CT molecular complexity index is 1250. The van der Waals surface area contributed by atoms with Crippen molar-refractivity contribution in [1.82, 2.24) is 0 Å². The second kappa shape index (κ2) is 58.4. The molecule has 0 rings (SSSR count). The molecule has 0 heterocycles. The summed E-state index contributed by atoms with van der Waals surface area (Å²) >= 11 is 0. The van der Waals surface area contributed by atoms with Gasteiger partial charge < -0.3 is 14.2 Å². The lowest BCUT2D eigenvalue weighted by molar-refractivity contribution is -0.163. The average Bonchev–Trinajstić information content (AvgIpc) is 3.34. The predicted octanol–water partition coefficient (Wildman–Crippen LogP) is 20.0. The minimum Gasteiger partial charge on any atom is -0.462 e. The van der Waals surface area contributed by atoms with Gasteiger partial charge in [-0.2, -0.15) is 0 Å². The Balaban J connectivity index is 4.31. The molecule has 0 amide bonds. The van der Waals surface area contributed by atoms with Crippen LogP contribution in [0, 0.1) is 0 Å². The highest BCUT2D eigenvalue weighted by atomic mass is 16.6. The molecule has 0 aromatic rings. The summed E-state index contributed by atoms with van der Waals surface area (Å²) in [6, 6.07) is 0. The molecule has 5 nitrogen and oxygen atoms in total. The van der Waals surface area contributed by atoms with E-state index in [4.69, 9.17) is 14.2 Å². The maximum Gasteiger partial charge on any atom is 0.306 e. The first-order chi connectivity index (χ1) is 33.6. The van der Waals surface area contributed by atoms with Gasteiger partial charge in [-0.15, -0.1) is 0 Å². The number of unbranched alkanes of at least 4 members (excludes halogenated alkanes) is 28. The van der Waals surface area contributed by atoms with Gasteiger partial charge in [0.2, 0.25) is 0 Å². The van der Waals surface area contributed by atoms with E-state index in [-0.39, 0.29) is 25.2 Å². The molecule has 0 radical (unpaired) electrons. The predicted molar refractivity (Wildman–Crippen MR) is 297 cm³/mol. The molecule has 0 aromatic heterocycles. The van der Waals surface area contributed by atoms with E-state index in [0.29, 0.717) is 19.4 Å². The summed E-state index contributed by atoms with van der Waals surface area (Å²) in [5.74, 6) is -0.440. The van der Waals surface area contributed by atoms with Gasteiger partial charge >= 0.3 is 11.9 Å². The van der Waals surface area contributed by atoms with Crippen LogP contribution < -0.4 is 0 Å². The van der Waals surface area contributed by atoms with Crippen LogP contribution >= 0.6 is 0 Å². The summed E-state index contributed by atoms with van der Waals surface area (Å²) in [6.07, 6.45) is 77.5. The molecule has 392 valence electrons. The van der Waals surface area contributed by atoms with E-state index in [9.17, 15) is 9.59 Å². The normalized spacial score (nSPS) is 12.8. The van der Waals surface area contributed by atoms with Gasteiger partial charge in [0.25, 0.3) is 0 Å². The largest absolute Gasteiger partial charge is 0.462 e. The third-order valence-corrected chi connectivity index (χ3v) is 12.4. The number of rotatable bonds is 53. The Morgan fingerprint density at radius 3 is 1.10 bits per heavy atom. The van der Waals surface area contributed by atoms with Gasteiger partial charge in [-0.1, -0.05) is 234 Å². The van der Waals surface area contributed by atoms with Crippen LogP contribution in [0.4, 0.5) is 0 Å². The van der Waals surface area contributed by atoms with E-state index in [1.54, 1.807) is 0 Å². The molecule has 1 atom stereocenters. The van der Waals surface area contributed by atoms with Gasteiger partial charge in [-0.3, -0.25) is 9.59 Å². The maximum absolute atomic E-state index is 12.8.